The fourth-order valence-corrected chi connectivity index (χ4v) is 3.01. The highest BCUT2D eigenvalue weighted by atomic mass is 32.2. The Morgan fingerprint density at radius 2 is 1.89 bits per heavy atom. The van der Waals surface area contributed by atoms with Crippen LogP contribution in [0.2, 0.25) is 0 Å². The van der Waals surface area contributed by atoms with E-state index in [0.717, 1.165) is 5.56 Å². The predicted octanol–water partition coefficient (Wildman–Crippen LogP) is 1.09. The summed E-state index contributed by atoms with van der Waals surface area (Å²) in [5, 5.41) is 2.56. The summed E-state index contributed by atoms with van der Waals surface area (Å²) >= 11 is 0. The van der Waals surface area contributed by atoms with Gasteiger partial charge in [-0.2, -0.15) is 0 Å². The molecule has 1 aromatic carbocycles. The Balaban J connectivity index is 2.57. The molecule has 1 rings (SSSR count). The van der Waals surface area contributed by atoms with Gasteiger partial charge >= 0.3 is 0 Å². The zero-order valence-corrected chi connectivity index (χ0v) is 12.0. The van der Waals surface area contributed by atoms with Crippen molar-refractivity contribution in [1.29, 1.82) is 0 Å². The molecule has 0 radical (unpaired) electrons. The van der Waals surface area contributed by atoms with Crippen molar-refractivity contribution >= 4 is 21.4 Å². The van der Waals surface area contributed by atoms with E-state index in [2.05, 4.69) is 5.32 Å². The quantitative estimate of drug-likeness (QED) is 0.818. The summed E-state index contributed by atoms with van der Waals surface area (Å²) in [5.41, 5.74) is 7.25. The Hall–Kier alpha value is -1.40. The van der Waals surface area contributed by atoms with E-state index < -0.39 is 27.5 Å². The van der Waals surface area contributed by atoms with Crippen LogP contribution in [0.3, 0.4) is 0 Å². The molecule has 3 N–H and O–H groups in total. The van der Waals surface area contributed by atoms with Crippen LogP contribution < -0.4 is 11.1 Å². The molecular weight excluding hydrogens is 264 g/mol. The van der Waals surface area contributed by atoms with Crippen molar-refractivity contribution in [3.63, 3.8) is 0 Å². The summed E-state index contributed by atoms with van der Waals surface area (Å²) in [6, 6.07) is 6.74. The number of rotatable bonds is 6. The van der Waals surface area contributed by atoms with E-state index in [-0.39, 0.29) is 5.75 Å². The van der Waals surface area contributed by atoms with Crippen LogP contribution in [-0.2, 0) is 14.6 Å². The van der Waals surface area contributed by atoms with Crippen LogP contribution in [0.15, 0.2) is 24.3 Å². The molecule has 0 bridgehead atoms. The third-order valence-electron chi connectivity index (χ3n) is 2.68. The fraction of sp³-hybridized carbons (Fsp3) is 0.462. The minimum Gasteiger partial charge on any atom is -0.327 e. The second kappa shape index (κ2) is 6.68. The second-order valence-corrected chi connectivity index (χ2v) is 6.75. The SMILES string of the molecule is CCC(N)CS(=O)(=O)CC(=O)Nc1ccc(C)cc1. The molecule has 0 heterocycles. The molecule has 0 aliphatic carbocycles. The van der Waals surface area contributed by atoms with E-state index in [1.54, 1.807) is 12.1 Å². The molecule has 19 heavy (non-hydrogen) atoms. The number of anilines is 1. The van der Waals surface area contributed by atoms with Gasteiger partial charge in [0.15, 0.2) is 9.84 Å². The molecule has 0 saturated carbocycles. The molecule has 1 aromatic rings. The summed E-state index contributed by atoms with van der Waals surface area (Å²) in [6.07, 6.45) is 0.568. The summed E-state index contributed by atoms with van der Waals surface area (Å²) < 4.78 is 23.4. The molecule has 0 spiro atoms. The van der Waals surface area contributed by atoms with Crippen molar-refractivity contribution in [2.75, 3.05) is 16.8 Å². The number of benzene rings is 1. The third kappa shape index (κ3) is 5.85. The number of hydrogen-bond acceptors (Lipinski definition) is 4. The Kier molecular flexibility index (Phi) is 5.50. The highest BCUT2D eigenvalue weighted by molar-refractivity contribution is 7.92. The minimum atomic E-state index is -3.46. The molecule has 0 fully saturated rings. The highest BCUT2D eigenvalue weighted by Gasteiger charge is 2.19. The number of amides is 1. The molecule has 6 heteroatoms. The molecule has 1 atom stereocenters. The molecule has 0 aliphatic heterocycles. The van der Waals surface area contributed by atoms with Crippen LogP contribution in [0.25, 0.3) is 0 Å². The van der Waals surface area contributed by atoms with Crippen LogP contribution >= 0.6 is 0 Å². The van der Waals surface area contributed by atoms with E-state index in [4.69, 9.17) is 5.73 Å². The maximum absolute atomic E-state index is 11.7. The maximum Gasteiger partial charge on any atom is 0.239 e. The lowest BCUT2D eigenvalue weighted by atomic mass is 10.2. The van der Waals surface area contributed by atoms with Gasteiger partial charge in [0.25, 0.3) is 0 Å². The number of sulfone groups is 1. The van der Waals surface area contributed by atoms with Crippen molar-refractivity contribution in [2.45, 2.75) is 26.3 Å². The number of nitrogens with one attached hydrogen (secondary N) is 1. The zero-order valence-electron chi connectivity index (χ0n) is 11.2. The van der Waals surface area contributed by atoms with Gasteiger partial charge in [0, 0.05) is 11.7 Å². The molecule has 1 amide bonds. The maximum atomic E-state index is 11.7. The Morgan fingerprint density at radius 3 is 2.42 bits per heavy atom. The van der Waals surface area contributed by atoms with Crippen molar-refractivity contribution in [3.05, 3.63) is 29.8 Å². The van der Waals surface area contributed by atoms with E-state index in [0.29, 0.717) is 12.1 Å². The minimum absolute atomic E-state index is 0.162. The molecule has 5 nitrogen and oxygen atoms in total. The van der Waals surface area contributed by atoms with Crippen molar-refractivity contribution < 1.29 is 13.2 Å². The molecule has 1 unspecified atom stereocenters. The van der Waals surface area contributed by atoms with E-state index in [9.17, 15) is 13.2 Å². The van der Waals surface area contributed by atoms with Gasteiger partial charge in [-0.15, -0.1) is 0 Å². The average Bonchev–Trinajstić information content (AvgIpc) is 2.30. The lowest BCUT2D eigenvalue weighted by Gasteiger charge is -2.10. The molecule has 0 saturated heterocycles. The third-order valence-corrected chi connectivity index (χ3v) is 4.32. The lowest BCUT2D eigenvalue weighted by molar-refractivity contribution is -0.113. The molecule has 106 valence electrons. The standard InChI is InChI=1S/C13H20N2O3S/c1-3-11(14)8-19(17,18)9-13(16)15-12-6-4-10(2)5-7-12/h4-7,11H,3,8-9,14H2,1-2H3,(H,15,16). The Morgan fingerprint density at radius 1 is 1.32 bits per heavy atom. The first-order chi connectivity index (χ1) is 8.82. The van der Waals surface area contributed by atoms with Crippen LogP contribution in [0.5, 0.6) is 0 Å². The Bertz CT molecular complexity index is 523. The van der Waals surface area contributed by atoms with Gasteiger partial charge in [0.2, 0.25) is 5.91 Å². The fourth-order valence-electron chi connectivity index (χ4n) is 1.54. The smallest absolute Gasteiger partial charge is 0.239 e. The average molecular weight is 284 g/mol. The van der Waals surface area contributed by atoms with Gasteiger partial charge in [-0.1, -0.05) is 24.6 Å². The van der Waals surface area contributed by atoms with Crippen molar-refractivity contribution in [3.8, 4) is 0 Å². The zero-order chi connectivity index (χ0) is 14.5. The first kappa shape index (κ1) is 15.7. The number of carbonyl (C=O) groups is 1. The van der Waals surface area contributed by atoms with E-state index in [1.165, 1.54) is 0 Å². The predicted molar refractivity (Wildman–Crippen MR) is 76.7 cm³/mol. The van der Waals surface area contributed by atoms with Crippen molar-refractivity contribution in [2.24, 2.45) is 5.73 Å². The summed E-state index contributed by atoms with van der Waals surface area (Å²) in [6.45, 7) is 3.74. The van der Waals surface area contributed by atoms with Crippen LogP contribution in [0.4, 0.5) is 5.69 Å². The number of hydrogen-bond donors (Lipinski definition) is 2. The van der Waals surface area contributed by atoms with Gasteiger partial charge < -0.3 is 11.1 Å². The monoisotopic (exact) mass is 284 g/mol. The normalized spacial score (nSPS) is 13.0. The van der Waals surface area contributed by atoms with Crippen LogP contribution in [0.1, 0.15) is 18.9 Å². The van der Waals surface area contributed by atoms with Gasteiger partial charge in [0.1, 0.15) is 5.75 Å². The molecular formula is C13H20N2O3S. The van der Waals surface area contributed by atoms with Crippen LogP contribution in [-0.4, -0.2) is 31.9 Å². The summed E-state index contributed by atoms with van der Waals surface area (Å²) in [7, 11) is -3.46. The van der Waals surface area contributed by atoms with Crippen molar-refractivity contribution in [1.82, 2.24) is 0 Å². The van der Waals surface area contributed by atoms with E-state index in [1.807, 2.05) is 26.0 Å². The lowest BCUT2D eigenvalue weighted by Crippen LogP contribution is -2.33. The number of aryl methyl sites for hydroxylation is 1. The van der Waals surface area contributed by atoms with Gasteiger partial charge in [-0.05, 0) is 25.5 Å². The topological polar surface area (TPSA) is 89.3 Å². The number of carbonyl (C=O) groups excluding carboxylic acids is 1. The first-order valence-electron chi connectivity index (χ1n) is 6.15. The van der Waals surface area contributed by atoms with Crippen LogP contribution in [0, 0.1) is 6.92 Å². The van der Waals surface area contributed by atoms with Gasteiger partial charge in [0.05, 0.1) is 5.75 Å². The Labute approximate surface area is 114 Å². The number of nitrogens with two attached hydrogens (primary N) is 1. The molecule has 0 aromatic heterocycles. The second-order valence-electron chi connectivity index (χ2n) is 4.64. The molecule has 0 aliphatic rings. The summed E-state index contributed by atoms with van der Waals surface area (Å²) in [4.78, 5) is 11.7. The largest absolute Gasteiger partial charge is 0.327 e. The highest BCUT2D eigenvalue weighted by Crippen LogP contribution is 2.09. The summed E-state index contributed by atoms with van der Waals surface area (Å²) in [5.74, 6) is -1.23. The van der Waals surface area contributed by atoms with Gasteiger partial charge in [-0.25, -0.2) is 8.42 Å². The first-order valence-corrected chi connectivity index (χ1v) is 7.97. The van der Waals surface area contributed by atoms with E-state index >= 15 is 0 Å². The van der Waals surface area contributed by atoms with Gasteiger partial charge in [-0.3, -0.25) is 4.79 Å².